The summed E-state index contributed by atoms with van der Waals surface area (Å²) in [4.78, 5) is 14.4. The Kier molecular flexibility index (Phi) is 5.91. The van der Waals surface area contributed by atoms with Crippen molar-refractivity contribution >= 4 is 15.9 Å². The number of rotatable bonds is 5. The minimum atomic E-state index is -3.64. The van der Waals surface area contributed by atoms with Gasteiger partial charge in [0.1, 0.15) is 0 Å². The molecule has 0 bridgehead atoms. The predicted molar refractivity (Wildman–Crippen MR) is 110 cm³/mol. The number of carbonyl (C=O) groups is 1. The van der Waals surface area contributed by atoms with Gasteiger partial charge in [-0.15, -0.1) is 0 Å². The highest BCUT2D eigenvalue weighted by molar-refractivity contribution is 7.89. The number of amides is 1. The van der Waals surface area contributed by atoms with Gasteiger partial charge >= 0.3 is 0 Å². The predicted octanol–water partition coefficient (Wildman–Crippen LogP) is 3.61. The molecule has 1 amide bonds. The summed E-state index contributed by atoms with van der Waals surface area (Å²) in [6.45, 7) is 6.81. The third kappa shape index (κ3) is 3.98. The second-order valence-electron chi connectivity index (χ2n) is 7.70. The number of benzene rings is 2. The van der Waals surface area contributed by atoms with E-state index in [9.17, 15) is 13.2 Å². The molecule has 1 atom stereocenters. The van der Waals surface area contributed by atoms with Gasteiger partial charge < -0.3 is 4.90 Å². The van der Waals surface area contributed by atoms with Crippen LogP contribution in [0.2, 0.25) is 0 Å². The van der Waals surface area contributed by atoms with E-state index in [-0.39, 0.29) is 22.8 Å². The van der Waals surface area contributed by atoms with E-state index >= 15 is 0 Å². The smallest absolute Gasteiger partial charge is 0.243 e. The molecule has 6 heteroatoms. The van der Waals surface area contributed by atoms with Gasteiger partial charge in [0.15, 0.2) is 0 Å². The number of sulfonamides is 1. The minimum Gasteiger partial charge on any atom is -0.338 e. The Balaban J connectivity index is 1.88. The molecule has 0 spiro atoms. The zero-order valence-corrected chi connectivity index (χ0v) is 17.7. The maximum absolute atomic E-state index is 13.2. The first-order valence-corrected chi connectivity index (χ1v) is 11.1. The quantitative estimate of drug-likeness (QED) is 0.770. The normalized spacial score (nSPS) is 15.6. The number of hydrogen-bond acceptors (Lipinski definition) is 3. The van der Waals surface area contributed by atoms with Crippen LogP contribution in [0.25, 0.3) is 0 Å². The standard InChI is InChI=1S/C22H28N2O3S/c1-16(2)22(25)24-13-12-19-10-11-21(14-20(19)15-24)28(26,27)23(4)17(3)18-8-6-5-7-9-18/h5-11,14,16-17H,12-13,15H2,1-4H3/t17-/m0/s1. The Morgan fingerprint density at radius 2 is 1.71 bits per heavy atom. The van der Waals surface area contributed by atoms with E-state index in [1.54, 1.807) is 19.2 Å². The van der Waals surface area contributed by atoms with E-state index in [0.29, 0.717) is 13.1 Å². The largest absolute Gasteiger partial charge is 0.338 e. The summed E-state index contributed by atoms with van der Waals surface area (Å²) in [5, 5.41) is 0. The molecule has 2 aromatic rings. The highest BCUT2D eigenvalue weighted by Crippen LogP contribution is 2.29. The molecule has 0 fully saturated rings. The zero-order valence-electron chi connectivity index (χ0n) is 16.9. The van der Waals surface area contributed by atoms with Crippen LogP contribution in [0.5, 0.6) is 0 Å². The summed E-state index contributed by atoms with van der Waals surface area (Å²) in [5.41, 5.74) is 2.98. The van der Waals surface area contributed by atoms with Gasteiger partial charge in [0.2, 0.25) is 15.9 Å². The fourth-order valence-corrected chi connectivity index (χ4v) is 4.96. The van der Waals surface area contributed by atoms with Crippen molar-refractivity contribution in [3.8, 4) is 0 Å². The molecule has 2 aromatic carbocycles. The number of nitrogens with zero attached hydrogens (tertiary/aromatic N) is 2. The molecular weight excluding hydrogens is 372 g/mol. The van der Waals surface area contributed by atoms with Crippen LogP contribution in [0.3, 0.4) is 0 Å². The molecule has 0 aromatic heterocycles. The van der Waals surface area contributed by atoms with Crippen LogP contribution < -0.4 is 0 Å². The summed E-state index contributed by atoms with van der Waals surface area (Å²) in [6.07, 6.45) is 0.754. The highest BCUT2D eigenvalue weighted by atomic mass is 32.2. The Bertz CT molecular complexity index is 955. The van der Waals surface area contributed by atoms with Crippen LogP contribution in [0, 0.1) is 5.92 Å². The minimum absolute atomic E-state index is 0.0636. The van der Waals surface area contributed by atoms with E-state index in [1.165, 1.54) is 4.31 Å². The molecule has 1 aliphatic heterocycles. The van der Waals surface area contributed by atoms with Crippen molar-refractivity contribution in [2.45, 2.75) is 44.7 Å². The molecule has 0 saturated heterocycles. The molecule has 0 saturated carbocycles. The van der Waals surface area contributed by atoms with Gasteiger partial charge in [-0.3, -0.25) is 4.79 Å². The van der Waals surface area contributed by atoms with Crippen molar-refractivity contribution in [3.05, 3.63) is 65.2 Å². The summed E-state index contributed by atoms with van der Waals surface area (Å²) in [6, 6.07) is 14.6. The lowest BCUT2D eigenvalue weighted by atomic mass is 9.99. The van der Waals surface area contributed by atoms with Crippen molar-refractivity contribution in [3.63, 3.8) is 0 Å². The van der Waals surface area contributed by atoms with Crippen LogP contribution in [-0.2, 0) is 27.8 Å². The van der Waals surface area contributed by atoms with Crippen LogP contribution in [-0.4, -0.2) is 37.1 Å². The van der Waals surface area contributed by atoms with Gasteiger partial charge in [-0.1, -0.05) is 50.2 Å². The first kappa shape index (κ1) is 20.6. The summed E-state index contributed by atoms with van der Waals surface area (Å²) in [5.74, 6) is 0.0417. The van der Waals surface area contributed by atoms with Crippen LogP contribution in [0.1, 0.15) is 43.5 Å². The number of fused-ring (bicyclic) bond motifs is 1. The molecular formula is C22H28N2O3S. The highest BCUT2D eigenvalue weighted by Gasteiger charge is 2.28. The van der Waals surface area contributed by atoms with Gasteiger partial charge in [-0.05, 0) is 42.2 Å². The average molecular weight is 401 g/mol. The Morgan fingerprint density at radius 3 is 2.36 bits per heavy atom. The lowest BCUT2D eigenvalue weighted by Crippen LogP contribution is -2.38. The summed E-state index contributed by atoms with van der Waals surface area (Å²) < 4.78 is 27.8. The van der Waals surface area contributed by atoms with E-state index in [4.69, 9.17) is 0 Å². The first-order valence-electron chi connectivity index (χ1n) is 9.65. The van der Waals surface area contributed by atoms with Gasteiger partial charge in [-0.2, -0.15) is 4.31 Å². The van der Waals surface area contributed by atoms with Crippen molar-refractivity contribution in [2.75, 3.05) is 13.6 Å². The van der Waals surface area contributed by atoms with Gasteiger partial charge in [0.05, 0.1) is 4.90 Å². The van der Waals surface area contributed by atoms with E-state index < -0.39 is 10.0 Å². The molecule has 0 unspecified atom stereocenters. The maximum atomic E-state index is 13.2. The van der Waals surface area contributed by atoms with Crippen molar-refractivity contribution < 1.29 is 13.2 Å². The number of carbonyl (C=O) groups excluding carboxylic acids is 1. The second-order valence-corrected chi connectivity index (χ2v) is 9.70. The van der Waals surface area contributed by atoms with Gasteiger partial charge in [-0.25, -0.2) is 8.42 Å². The monoisotopic (exact) mass is 400 g/mol. The molecule has 1 heterocycles. The summed E-state index contributed by atoms with van der Waals surface area (Å²) in [7, 11) is -2.03. The molecule has 3 rings (SSSR count). The van der Waals surface area contributed by atoms with Crippen molar-refractivity contribution in [1.82, 2.24) is 9.21 Å². The van der Waals surface area contributed by atoms with Crippen LogP contribution >= 0.6 is 0 Å². The fourth-order valence-electron chi connectivity index (χ4n) is 3.56. The second kappa shape index (κ2) is 8.05. The molecule has 0 N–H and O–H groups in total. The number of hydrogen-bond donors (Lipinski definition) is 0. The lowest BCUT2D eigenvalue weighted by Gasteiger charge is -2.31. The molecule has 28 heavy (non-hydrogen) atoms. The average Bonchev–Trinajstić information content (AvgIpc) is 2.71. The Labute approximate surface area is 168 Å². The maximum Gasteiger partial charge on any atom is 0.243 e. The fraction of sp³-hybridized carbons (Fsp3) is 0.409. The summed E-state index contributed by atoms with van der Waals surface area (Å²) >= 11 is 0. The zero-order chi connectivity index (χ0) is 20.5. The Morgan fingerprint density at radius 1 is 1.04 bits per heavy atom. The third-order valence-electron chi connectivity index (χ3n) is 5.50. The topological polar surface area (TPSA) is 57.7 Å². The van der Waals surface area contributed by atoms with Gasteiger partial charge in [0, 0.05) is 32.1 Å². The first-order chi connectivity index (χ1) is 13.2. The molecule has 0 radical (unpaired) electrons. The lowest BCUT2D eigenvalue weighted by molar-refractivity contribution is -0.135. The molecule has 0 aliphatic carbocycles. The molecule has 150 valence electrons. The Hall–Kier alpha value is -2.18. The van der Waals surface area contributed by atoms with Crippen molar-refractivity contribution in [1.29, 1.82) is 0 Å². The van der Waals surface area contributed by atoms with E-state index in [0.717, 1.165) is 23.1 Å². The van der Waals surface area contributed by atoms with E-state index in [1.807, 2.05) is 62.1 Å². The van der Waals surface area contributed by atoms with Gasteiger partial charge in [0.25, 0.3) is 0 Å². The molecule has 1 aliphatic rings. The van der Waals surface area contributed by atoms with Crippen molar-refractivity contribution in [2.24, 2.45) is 5.92 Å². The SMILES string of the molecule is CC(C)C(=O)N1CCc2ccc(S(=O)(=O)N(C)[C@@H](C)c3ccccc3)cc2C1. The van der Waals surface area contributed by atoms with Crippen LogP contribution in [0.4, 0.5) is 0 Å². The van der Waals surface area contributed by atoms with Crippen LogP contribution in [0.15, 0.2) is 53.4 Å². The van der Waals surface area contributed by atoms with E-state index in [2.05, 4.69) is 0 Å². The molecule has 5 nitrogen and oxygen atoms in total. The third-order valence-corrected chi connectivity index (χ3v) is 7.42.